The number of amides is 2. The van der Waals surface area contributed by atoms with Crippen molar-refractivity contribution in [3.63, 3.8) is 0 Å². The Hall–Kier alpha value is -2.49. The number of nitrogens with one attached hydrogen (secondary N) is 2. The first-order chi connectivity index (χ1) is 9.28. The molecule has 0 aliphatic heterocycles. The van der Waals surface area contributed by atoms with Crippen LogP contribution < -0.4 is 15.4 Å². The maximum Gasteiger partial charge on any atom is 0.323 e. The van der Waals surface area contributed by atoms with Crippen molar-refractivity contribution in [1.82, 2.24) is 0 Å². The van der Waals surface area contributed by atoms with Gasteiger partial charge in [-0.2, -0.15) is 0 Å². The summed E-state index contributed by atoms with van der Waals surface area (Å²) in [4.78, 5) is 11.7. The zero-order valence-electron chi connectivity index (χ0n) is 10.7. The van der Waals surface area contributed by atoms with E-state index in [4.69, 9.17) is 4.74 Å². The van der Waals surface area contributed by atoms with Crippen molar-refractivity contribution in [2.45, 2.75) is 6.92 Å². The second-order valence-corrected chi connectivity index (χ2v) is 3.90. The Morgan fingerprint density at radius 3 is 2.11 bits per heavy atom. The van der Waals surface area contributed by atoms with Crippen LogP contribution in [0.25, 0.3) is 0 Å². The molecule has 0 bridgehead atoms. The Balaban J connectivity index is 1.91. The average Bonchev–Trinajstić information content (AvgIpc) is 2.42. The minimum absolute atomic E-state index is 0.268. The highest BCUT2D eigenvalue weighted by atomic mass is 16.5. The van der Waals surface area contributed by atoms with Crippen molar-refractivity contribution < 1.29 is 9.53 Å². The van der Waals surface area contributed by atoms with Crippen molar-refractivity contribution in [2.24, 2.45) is 0 Å². The van der Waals surface area contributed by atoms with Crippen LogP contribution in [0.1, 0.15) is 6.92 Å². The molecule has 0 heterocycles. The Morgan fingerprint density at radius 1 is 0.947 bits per heavy atom. The molecule has 0 radical (unpaired) electrons. The van der Waals surface area contributed by atoms with Gasteiger partial charge >= 0.3 is 6.03 Å². The van der Waals surface area contributed by atoms with Crippen molar-refractivity contribution in [1.29, 1.82) is 0 Å². The van der Waals surface area contributed by atoms with Crippen LogP contribution in [0, 0.1) is 0 Å². The topological polar surface area (TPSA) is 50.4 Å². The summed E-state index contributed by atoms with van der Waals surface area (Å²) in [6.07, 6.45) is 0. The molecule has 2 aromatic rings. The molecule has 98 valence electrons. The molecule has 0 atom stereocenters. The monoisotopic (exact) mass is 256 g/mol. The van der Waals surface area contributed by atoms with Gasteiger partial charge in [0.05, 0.1) is 6.61 Å². The van der Waals surface area contributed by atoms with E-state index in [1.807, 2.05) is 49.4 Å². The van der Waals surface area contributed by atoms with Crippen LogP contribution in [0.15, 0.2) is 54.6 Å². The molecule has 0 aromatic heterocycles. The maximum absolute atomic E-state index is 11.7. The minimum Gasteiger partial charge on any atom is -0.494 e. The number of hydrogen-bond donors (Lipinski definition) is 2. The highest BCUT2D eigenvalue weighted by Crippen LogP contribution is 2.16. The van der Waals surface area contributed by atoms with Gasteiger partial charge in [-0.25, -0.2) is 4.79 Å². The van der Waals surface area contributed by atoms with Gasteiger partial charge in [0.15, 0.2) is 0 Å². The molecule has 4 heteroatoms. The molecule has 2 N–H and O–H groups in total. The Labute approximate surface area is 112 Å². The lowest BCUT2D eigenvalue weighted by molar-refractivity contribution is 0.262. The molecule has 0 fully saturated rings. The van der Waals surface area contributed by atoms with Gasteiger partial charge in [0.1, 0.15) is 5.75 Å². The summed E-state index contributed by atoms with van der Waals surface area (Å²) in [6, 6.07) is 16.3. The average molecular weight is 256 g/mol. The van der Waals surface area contributed by atoms with Gasteiger partial charge in [-0.1, -0.05) is 18.2 Å². The molecule has 2 amide bonds. The van der Waals surface area contributed by atoms with Gasteiger partial charge in [0, 0.05) is 11.4 Å². The van der Waals surface area contributed by atoms with Crippen molar-refractivity contribution in [3.8, 4) is 5.75 Å². The van der Waals surface area contributed by atoms with E-state index >= 15 is 0 Å². The highest BCUT2D eigenvalue weighted by molar-refractivity contribution is 5.99. The van der Waals surface area contributed by atoms with Crippen LogP contribution >= 0.6 is 0 Å². The van der Waals surface area contributed by atoms with Crippen molar-refractivity contribution in [3.05, 3.63) is 54.6 Å². The lowest BCUT2D eigenvalue weighted by Crippen LogP contribution is -2.19. The number of hydrogen-bond acceptors (Lipinski definition) is 2. The standard InChI is InChI=1S/C15H16N2O2/c1-2-19-14-10-8-13(9-11-14)17-15(18)16-12-6-4-3-5-7-12/h3-11H,2H2,1H3,(H2,16,17,18). The molecule has 0 saturated carbocycles. The van der Waals surface area contributed by atoms with E-state index in [-0.39, 0.29) is 6.03 Å². The molecule has 2 aromatic carbocycles. The Kier molecular flexibility index (Phi) is 4.39. The van der Waals surface area contributed by atoms with Gasteiger partial charge in [0.2, 0.25) is 0 Å². The highest BCUT2D eigenvalue weighted by Gasteiger charge is 2.02. The summed E-state index contributed by atoms with van der Waals surface area (Å²) in [7, 11) is 0. The molecular formula is C15H16N2O2. The summed E-state index contributed by atoms with van der Waals surface area (Å²) in [5.74, 6) is 0.788. The largest absolute Gasteiger partial charge is 0.494 e. The van der Waals surface area contributed by atoms with E-state index in [2.05, 4.69) is 10.6 Å². The van der Waals surface area contributed by atoms with Crippen LogP contribution in [0.4, 0.5) is 16.2 Å². The predicted molar refractivity (Wildman–Crippen MR) is 76.7 cm³/mol. The van der Waals surface area contributed by atoms with Gasteiger partial charge in [0.25, 0.3) is 0 Å². The normalized spacial score (nSPS) is 9.74. The van der Waals surface area contributed by atoms with Crippen LogP contribution in [-0.2, 0) is 0 Å². The predicted octanol–water partition coefficient (Wildman–Crippen LogP) is 3.73. The zero-order chi connectivity index (χ0) is 13.5. The van der Waals surface area contributed by atoms with Crippen LogP contribution in [0.5, 0.6) is 5.75 Å². The second kappa shape index (κ2) is 6.44. The first-order valence-corrected chi connectivity index (χ1v) is 6.14. The van der Waals surface area contributed by atoms with Gasteiger partial charge in [-0.3, -0.25) is 0 Å². The summed E-state index contributed by atoms with van der Waals surface area (Å²) in [5.41, 5.74) is 1.47. The zero-order valence-corrected chi connectivity index (χ0v) is 10.7. The number of carbonyl (C=O) groups excluding carboxylic acids is 1. The molecule has 4 nitrogen and oxygen atoms in total. The number of ether oxygens (including phenoxy) is 1. The Bertz CT molecular complexity index is 524. The van der Waals surface area contributed by atoms with E-state index in [9.17, 15) is 4.79 Å². The quantitative estimate of drug-likeness (QED) is 0.875. The number of carbonyl (C=O) groups is 1. The van der Waals surface area contributed by atoms with Gasteiger partial charge < -0.3 is 15.4 Å². The van der Waals surface area contributed by atoms with Gasteiger partial charge in [-0.15, -0.1) is 0 Å². The fourth-order valence-electron chi connectivity index (χ4n) is 1.62. The molecule has 0 unspecified atom stereocenters. The maximum atomic E-state index is 11.7. The van der Waals surface area contributed by atoms with Crippen LogP contribution in [-0.4, -0.2) is 12.6 Å². The summed E-state index contributed by atoms with van der Waals surface area (Å²) in [5, 5.41) is 5.50. The first-order valence-electron chi connectivity index (χ1n) is 6.14. The smallest absolute Gasteiger partial charge is 0.323 e. The molecule has 0 spiro atoms. The van der Waals surface area contributed by atoms with Crippen molar-refractivity contribution >= 4 is 17.4 Å². The number of anilines is 2. The molecule has 2 rings (SSSR count). The first kappa shape index (κ1) is 13.0. The molecule has 19 heavy (non-hydrogen) atoms. The molecule has 0 saturated heterocycles. The van der Waals surface area contributed by atoms with E-state index in [0.717, 1.165) is 17.1 Å². The van der Waals surface area contributed by atoms with Gasteiger partial charge in [-0.05, 0) is 43.3 Å². The SMILES string of the molecule is CCOc1ccc(NC(=O)Nc2ccccc2)cc1. The third kappa shape index (κ3) is 4.03. The number of rotatable bonds is 4. The number of para-hydroxylation sites is 1. The molecule has 0 aliphatic carbocycles. The second-order valence-electron chi connectivity index (χ2n) is 3.90. The fourth-order valence-corrected chi connectivity index (χ4v) is 1.62. The van der Waals surface area contributed by atoms with E-state index in [0.29, 0.717) is 6.61 Å². The van der Waals surface area contributed by atoms with Crippen molar-refractivity contribution in [2.75, 3.05) is 17.2 Å². The number of benzene rings is 2. The Morgan fingerprint density at radius 2 is 1.53 bits per heavy atom. The summed E-state index contributed by atoms with van der Waals surface area (Å²) in [6.45, 7) is 2.56. The summed E-state index contributed by atoms with van der Waals surface area (Å²) < 4.78 is 5.33. The van der Waals surface area contributed by atoms with Crippen LogP contribution in [0.3, 0.4) is 0 Å². The lowest BCUT2D eigenvalue weighted by Gasteiger charge is -2.08. The van der Waals surface area contributed by atoms with E-state index in [1.54, 1.807) is 12.1 Å². The minimum atomic E-state index is -0.268. The third-order valence-corrected chi connectivity index (χ3v) is 2.45. The van der Waals surface area contributed by atoms with E-state index < -0.39 is 0 Å². The van der Waals surface area contributed by atoms with E-state index in [1.165, 1.54) is 0 Å². The molecule has 0 aliphatic rings. The van der Waals surface area contributed by atoms with Crippen LogP contribution in [0.2, 0.25) is 0 Å². The molecular weight excluding hydrogens is 240 g/mol. The lowest BCUT2D eigenvalue weighted by atomic mass is 10.3. The fraction of sp³-hybridized carbons (Fsp3) is 0.133. The third-order valence-electron chi connectivity index (χ3n) is 2.45. The number of urea groups is 1. The summed E-state index contributed by atoms with van der Waals surface area (Å²) >= 11 is 0.